The Morgan fingerprint density at radius 1 is 1.23 bits per heavy atom. The van der Waals surface area contributed by atoms with E-state index in [1.165, 1.54) is 40.8 Å². The predicted molar refractivity (Wildman–Crippen MR) is 90.8 cm³/mol. The molecule has 1 aliphatic carbocycles. The van der Waals surface area contributed by atoms with Crippen molar-refractivity contribution in [1.29, 1.82) is 0 Å². The molecule has 0 spiro atoms. The van der Waals surface area contributed by atoms with E-state index in [0.29, 0.717) is 5.92 Å². The van der Waals surface area contributed by atoms with Crippen molar-refractivity contribution in [3.63, 3.8) is 0 Å². The van der Waals surface area contributed by atoms with Gasteiger partial charge in [0.15, 0.2) is 0 Å². The fraction of sp³-hybridized carbons (Fsp3) is 0.526. The Bertz CT molecular complexity index is 655. The van der Waals surface area contributed by atoms with E-state index in [0.717, 1.165) is 25.2 Å². The molecular formula is C19H26N2O. The lowest BCUT2D eigenvalue weighted by atomic mass is 9.78. The van der Waals surface area contributed by atoms with E-state index in [-0.39, 0.29) is 0 Å². The van der Waals surface area contributed by atoms with Gasteiger partial charge < -0.3 is 9.42 Å². The molecule has 1 aromatic heterocycles. The molecule has 2 aromatic rings. The average molecular weight is 298 g/mol. The molecule has 0 bridgehead atoms. The average Bonchev–Trinajstić information content (AvgIpc) is 2.97. The van der Waals surface area contributed by atoms with Crippen LogP contribution in [-0.4, -0.2) is 18.2 Å². The van der Waals surface area contributed by atoms with Crippen molar-refractivity contribution < 1.29 is 4.52 Å². The third kappa shape index (κ3) is 2.53. The van der Waals surface area contributed by atoms with E-state index < -0.39 is 0 Å². The molecule has 1 heterocycles. The van der Waals surface area contributed by atoms with Gasteiger partial charge >= 0.3 is 0 Å². The Kier molecular flexibility index (Phi) is 4.23. The summed E-state index contributed by atoms with van der Waals surface area (Å²) < 4.78 is 5.37. The monoisotopic (exact) mass is 298 g/mol. The topological polar surface area (TPSA) is 29.3 Å². The first-order valence-electron chi connectivity index (χ1n) is 8.44. The zero-order valence-electron chi connectivity index (χ0n) is 14.1. The first-order valence-corrected chi connectivity index (χ1v) is 8.44. The van der Waals surface area contributed by atoms with Gasteiger partial charge in [0.2, 0.25) is 0 Å². The molecule has 1 aliphatic rings. The van der Waals surface area contributed by atoms with E-state index >= 15 is 0 Å². The second-order valence-electron chi connectivity index (χ2n) is 6.36. The second kappa shape index (κ2) is 6.15. The summed E-state index contributed by atoms with van der Waals surface area (Å²) in [5.41, 5.74) is 8.04. The van der Waals surface area contributed by atoms with Gasteiger partial charge in [-0.2, -0.15) is 0 Å². The smallest absolute Gasteiger partial charge is 0.147 e. The van der Waals surface area contributed by atoms with E-state index in [2.05, 4.69) is 49.9 Å². The van der Waals surface area contributed by atoms with Gasteiger partial charge in [0.1, 0.15) is 17.6 Å². The van der Waals surface area contributed by atoms with Gasteiger partial charge in [-0.25, -0.2) is 0 Å². The molecular weight excluding hydrogens is 272 g/mol. The number of aromatic nitrogens is 1. The highest BCUT2D eigenvalue weighted by atomic mass is 16.5. The lowest BCUT2D eigenvalue weighted by Crippen LogP contribution is -2.24. The van der Waals surface area contributed by atoms with E-state index in [1.807, 2.05) is 6.26 Å². The van der Waals surface area contributed by atoms with Crippen LogP contribution in [0, 0.1) is 13.8 Å². The number of aryl methyl sites for hydroxylation is 3. The normalized spacial score (nSPS) is 17.4. The van der Waals surface area contributed by atoms with Gasteiger partial charge in [0, 0.05) is 19.0 Å². The van der Waals surface area contributed by atoms with Crippen LogP contribution in [0.15, 0.2) is 22.9 Å². The predicted octanol–water partition coefficient (Wildman–Crippen LogP) is 4.61. The summed E-state index contributed by atoms with van der Waals surface area (Å²) in [5, 5.41) is 4.40. The zero-order valence-corrected chi connectivity index (χ0v) is 14.1. The van der Waals surface area contributed by atoms with Crippen molar-refractivity contribution in [3.05, 3.63) is 46.3 Å². The summed E-state index contributed by atoms with van der Waals surface area (Å²) in [6.45, 7) is 10.8. The zero-order chi connectivity index (χ0) is 15.7. The first-order chi connectivity index (χ1) is 10.7. The quantitative estimate of drug-likeness (QED) is 0.825. The second-order valence-corrected chi connectivity index (χ2v) is 6.36. The minimum Gasteiger partial charge on any atom is -0.368 e. The minimum absolute atomic E-state index is 0.374. The Morgan fingerprint density at radius 3 is 2.73 bits per heavy atom. The van der Waals surface area contributed by atoms with Crippen molar-refractivity contribution in [2.45, 2.75) is 52.9 Å². The van der Waals surface area contributed by atoms with Crippen LogP contribution in [0.1, 0.15) is 60.6 Å². The molecule has 0 fully saturated rings. The molecule has 118 valence electrons. The summed E-state index contributed by atoms with van der Waals surface area (Å²) >= 11 is 0. The number of hydrogen-bond acceptors (Lipinski definition) is 3. The molecule has 3 rings (SSSR count). The fourth-order valence-corrected chi connectivity index (χ4v) is 3.97. The highest BCUT2D eigenvalue weighted by Gasteiger charge is 2.29. The van der Waals surface area contributed by atoms with Gasteiger partial charge in [-0.3, -0.25) is 0 Å². The third-order valence-electron chi connectivity index (χ3n) is 4.92. The van der Waals surface area contributed by atoms with Gasteiger partial charge in [0.05, 0.1) is 0 Å². The number of fused-ring (bicyclic) bond motifs is 1. The molecule has 0 saturated carbocycles. The Balaban J connectivity index is 2.08. The number of rotatable bonds is 4. The van der Waals surface area contributed by atoms with Crippen LogP contribution in [0.2, 0.25) is 0 Å². The van der Waals surface area contributed by atoms with Crippen LogP contribution in [-0.2, 0) is 6.42 Å². The van der Waals surface area contributed by atoms with Crippen LogP contribution in [0.3, 0.4) is 0 Å². The van der Waals surface area contributed by atoms with Gasteiger partial charge in [-0.1, -0.05) is 22.9 Å². The number of hydrogen-bond donors (Lipinski definition) is 0. The maximum atomic E-state index is 5.37. The third-order valence-corrected chi connectivity index (χ3v) is 4.92. The largest absolute Gasteiger partial charge is 0.368 e. The molecule has 0 N–H and O–H groups in total. The molecule has 22 heavy (non-hydrogen) atoms. The Labute approximate surface area is 133 Å². The number of anilines is 1. The SMILES string of the molecule is CCN(CC)c1conc1C1CCCc2cc(C)cc(C)c21. The van der Waals surface area contributed by atoms with Crippen LogP contribution in [0.5, 0.6) is 0 Å². The number of benzene rings is 1. The van der Waals surface area contributed by atoms with Gasteiger partial charge in [-0.05, 0) is 63.6 Å². The molecule has 0 amide bonds. The minimum atomic E-state index is 0.374. The standard InChI is InChI=1S/C19H26N2O/c1-5-21(6-2)17-12-22-20-19(17)16-9-7-8-15-11-13(3)10-14(4)18(15)16/h10-12,16H,5-9H2,1-4H3. The highest BCUT2D eigenvalue weighted by Crippen LogP contribution is 2.41. The lowest BCUT2D eigenvalue weighted by Gasteiger charge is -2.29. The van der Waals surface area contributed by atoms with Gasteiger partial charge in [0.25, 0.3) is 0 Å². The summed E-state index contributed by atoms with van der Waals surface area (Å²) in [4.78, 5) is 2.34. The lowest BCUT2D eigenvalue weighted by molar-refractivity contribution is 0.404. The van der Waals surface area contributed by atoms with Crippen LogP contribution >= 0.6 is 0 Å². The Hall–Kier alpha value is -1.77. The van der Waals surface area contributed by atoms with Gasteiger partial charge in [-0.15, -0.1) is 0 Å². The molecule has 3 nitrogen and oxygen atoms in total. The van der Waals surface area contributed by atoms with Crippen LogP contribution < -0.4 is 4.90 Å². The summed E-state index contributed by atoms with van der Waals surface area (Å²) in [6.07, 6.45) is 5.40. The maximum Gasteiger partial charge on any atom is 0.147 e. The molecule has 0 radical (unpaired) electrons. The van der Waals surface area contributed by atoms with Crippen molar-refractivity contribution >= 4 is 5.69 Å². The molecule has 1 unspecified atom stereocenters. The number of nitrogens with zero attached hydrogens (tertiary/aromatic N) is 2. The molecule has 0 saturated heterocycles. The highest BCUT2D eigenvalue weighted by molar-refractivity contribution is 5.55. The maximum absolute atomic E-state index is 5.37. The van der Waals surface area contributed by atoms with Crippen molar-refractivity contribution in [1.82, 2.24) is 5.16 Å². The fourth-order valence-electron chi connectivity index (χ4n) is 3.97. The summed E-state index contributed by atoms with van der Waals surface area (Å²) in [5.74, 6) is 0.374. The molecule has 1 aromatic carbocycles. The summed E-state index contributed by atoms with van der Waals surface area (Å²) in [6, 6.07) is 4.65. The van der Waals surface area contributed by atoms with E-state index in [4.69, 9.17) is 4.52 Å². The summed E-state index contributed by atoms with van der Waals surface area (Å²) in [7, 11) is 0. The van der Waals surface area contributed by atoms with Crippen molar-refractivity contribution in [2.75, 3.05) is 18.0 Å². The molecule has 3 heteroatoms. The molecule has 0 aliphatic heterocycles. The van der Waals surface area contributed by atoms with E-state index in [9.17, 15) is 0 Å². The first kappa shape index (κ1) is 15.1. The van der Waals surface area contributed by atoms with Crippen molar-refractivity contribution in [2.24, 2.45) is 0 Å². The van der Waals surface area contributed by atoms with E-state index in [1.54, 1.807) is 0 Å². The Morgan fingerprint density at radius 2 is 2.00 bits per heavy atom. The molecule has 1 atom stereocenters. The van der Waals surface area contributed by atoms with Crippen molar-refractivity contribution in [3.8, 4) is 0 Å². The van der Waals surface area contributed by atoms with Crippen LogP contribution in [0.25, 0.3) is 0 Å². The van der Waals surface area contributed by atoms with Crippen LogP contribution in [0.4, 0.5) is 5.69 Å².